The first-order valence-corrected chi connectivity index (χ1v) is 16.8. The van der Waals surface area contributed by atoms with Crippen LogP contribution in [-0.4, -0.2) is 66.0 Å². The molecule has 5 rings (SSSR count). The zero-order valence-corrected chi connectivity index (χ0v) is 35.4. The quantitative estimate of drug-likeness (QED) is 0.116. The summed E-state index contributed by atoms with van der Waals surface area (Å²) in [6.45, 7) is 13.4. The number of carboxylic acid groups (broad SMARTS) is 4. The van der Waals surface area contributed by atoms with Crippen molar-refractivity contribution in [2.75, 3.05) is 0 Å². The van der Waals surface area contributed by atoms with Gasteiger partial charge in [0.05, 0.1) is 41.1 Å². The van der Waals surface area contributed by atoms with E-state index in [0.29, 0.717) is 28.8 Å². The molecular formula is C38H39N5Na2O9. The maximum atomic E-state index is 13.6. The first kappa shape index (κ1) is 44.3. The van der Waals surface area contributed by atoms with E-state index in [9.17, 15) is 44.4 Å². The molecule has 8 bridgehead atoms. The Labute approximate surface area is 355 Å². The molecule has 1 amide bonds. The van der Waals surface area contributed by atoms with Crippen molar-refractivity contribution >= 4 is 69.1 Å². The first-order valence-electron chi connectivity index (χ1n) is 16.8. The van der Waals surface area contributed by atoms with Gasteiger partial charge in [0, 0.05) is 69.5 Å². The molecule has 272 valence electrons. The third-order valence-electron chi connectivity index (χ3n) is 9.94. The molecule has 3 aromatic heterocycles. The molecule has 14 nitrogen and oxygen atoms in total. The Balaban J connectivity index is 0.00000392. The van der Waals surface area contributed by atoms with Gasteiger partial charge >= 0.3 is 71.1 Å². The smallest absolute Gasteiger partial charge is 0.550 e. The summed E-state index contributed by atoms with van der Waals surface area (Å²) in [6, 6.07) is 3.60. The first-order chi connectivity index (χ1) is 24.6. The minimum Gasteiger partial charge on any atom is -0.550 e. The van der Waals surface area contributed by atoms with E-state index < -0.39 is 60.5 Å². The number of rotatable bonds is 12. The molecule has 16 heteroatoms. The fourth-order valence-electron chi connectivity index (χ4n) is 7.14. The van der Waals surface area contributed by atoms with Gasteiger partial charge in [-0.15, -0.1) is 0 Å². The van der Waals surface area contributed by atoms with E-state index in [2.05, 4.69) is 21.9 Å². The topological polar surface area (TPSA) is 241 Å². The standard InChI is InChI=1S/C38H41N5O9.2Na/c1-7-20-16(3)24-12-26-18(5)22(9-10-32(45)46)35(42-26)23(11-31(44)41-30(37(49)50)15-33(47)48)36-34(38(51)52)19(6)27(43-36)14-29-21(8-2)17(4)25(40-29)13-28(20)39-24;;/h7,12-14,18,22,30,39-40H,1,8-11,15H2,2-6H3,(H,41,44)(H,45,46)(H,47,48)(H,49,50)(H,51,52);;/q;2*+1/p-2. The van der Waals surface area contributed by atoms with Crippen LogP contribution in [0.25, 0.3) is 39.3 Å². The molecule has 0 aromatic carbocycles. The molecule has 2 aliphatic heterocycles. The number of aryl methyl sites for hydroxylation is 3. The van der Waals surface area contributed by atoms with E-state index in [1.165, 1.54) is 0 Å². The number of H-pyrrole nitrogens is 2. The molecule has 0 spiro atoms. The van der Waals surface area contributed by atoms with Gasteiger partial charge in [0.15, 0.2) is 0 Å². The van der Waals surface area contributed by atoms with Gasteiger partial charge in [-0.05, 0) is 74.1 Å². The number of nitrogens with one attached hydrogen (secondary N) is 3. The number of aliphatic carboxylic acids is 4. The number of aromatic nitrogens is 4. The van der Waals surface area contributed by atoms with Gasteiger partial charge in [-0.25, -0.2) is 9.78 Å². The molecule has 0 saturated carbocycles. The number of nitrogens with zero attached hydrogens (tertiary/aromatic N) is 2. The van der Waals surface area contributed by atoms with E-state index in [-0.39, 0.29) is 100 Å². The molecular weight excluding hydrogens is 716 g/mol. The summed E-state index contributed by atoms with van der Waals surface area (Å²) in [7, 11) is 0. The zero-order valence-electron chi connectivity index (χ0n) is 31.4. The second-order valence-electron chi connectivity index (χ2n) is 13.1. The number of fused-ring (bicyclic) bond motifs is 8. The van der Waals surface area contributed by atoms with Crippen LogP contribution in [0.3, 0.4) is 0 Å². The van der Waals surface area contributed by atoms with Gasteiger partial charge in [-0.2, -0.15) is 0 Å². The van der Waals surface area contributed by atoms with Crippen LogP contribution in [0, 0.1) is 13.8 Å². The number of amides is 1. The third-order valence-corrected chi connectivity index (χ3v) is 9.94. The van der Waals surface area contributed by atoms with Gasteiger partial charge < -0.3 is 45.3 Å². The Morgan fingerprint density at radius 1 is 0.944 bits per heavy atom. The molecule has 5 N–H and O–H groups in total. The fraction of sp³-hybridized carbons (Fsp3) is 0.342. The summed E-state index contributed by atoms with van der Waals surface area (Å²) in [5, 5.41) is 45.3. The molecule has 0 saturated heterocycles. The van der Waals surface area contributed by atoms with Gasteiger partial charge in [0.2, 0.25) is 5.91 Å². The number of carbonyl (C=O) groups excluding carboxylic acids is 3. The largest absolute Gasteiger partial charge is 1.00 e. The van der Waals surface area contributed by atoms with Gasteiger partial charge in [-0.3, -0.25) is 14.6 Å². The molecule has 2 aliphatic rings. The van der Waals surface area contributed by atoms with E-state index in [1.54, 1.807) is 19.1 Å². The van der Waals surface area contributed by atoms with Crippen LogP contribution < -0.4 is 74.6 Å². The van der Waals surface area contributed by atoms with Crippen molar-refractivity contribution in [2.45, 2.75) is 84.6 Å². The molecule has 3 atom stereocenters. The van der Waals surface area contributed by atoms with Crippen LogP contribution in [0.2, 0.25) is 0 Å². The number of hydrogen-bond acceptors (Lipinski definition) is 9. The Bertz CT molecular complexity index is 2260. The Kier molecular flexibility index (Phi) is 14.8. The number of hydrogen-bond donors (Lipinski definition) is 5. The second kappa shape index (κ2) is 18.1. The molecule has 54 heavy (non-hydrogen) atoms. The van der Waals surface area contributed by atoms with E-state index >= 15 is 0 Å². The van der Waals surface area contributed by atoms with Gasteiger partial charge in [0.1, 0.15) is 0 Å². The van der Waals surface area contributed by atoms with Crippen molar-refractivity contribution in [3.05, 3.63) is 75.4 Å². The Hall–Kier alpha value is -4.05. The summed E-state index contributed by atoms with van der Waals surface area (Å²) >= 11 is 0. The molecule has 3 unspecified atom stereocenters. The second-order valence-corrected chi connectivity index (χ2v) is 13.1. The predicted octanol–water partition coefficient (Wildman–Crippen LogP) is -3.17. The van der Waals surface area contributed by atoms with Gasteiger partial charge in [0.25, 0.3) is 0 Å². The van der Waals surface area contributed by atoms with E-state index in [4.69, 9.17) is 9.97 Å². The Morgan fingerprint density at radius 2 is 1.59 bits per heavy atom. The van der Waals surface area contributed by atoms with Crippen LogP contribution >= 0.6 is 0 Å². The Morgan fingerprint density at radius 3 is 2.17 bits per heavy atom. The number of allylic oxidation sites excluding steroid dienone is 1. The summed E-state index contributed by atoms with van der Waals surface area (Å²) in [4.78, 5) is 77.9. The minimum atomic E-state index is -1.94. The molecule has 0 fully saturated rings. The zero-order chi connectivity index (χ0) is 38.2. The third kappa shape index (κ3) is 8.90. The number of carbonyl (C=O) groups is 5. The van der Waals surface area contributed by atoms with E-state index in [0.717, 1.165) is 33.3 Å². The molecule has 5 heterocycles. The maximum absolute atomic E-state index is 13.6. The average Bonchev–Trinajstić information content (AvgIpc) is 3.74. The fourth-order valence-corrected chi connectivity index (χ4v) is 7.14. The van der Waals surface area contributed by atoms with Crippen molar-refractivity contribution in [3.8, 4) is 0 Å². The van der Waals surface area contributed by atoms with Crippen molar-refractivity contribution in [3.63, 3.8) is 0 Å². The molecule has 0 radical (unpaired) electrons. The van der Waals surface area contributed by atoms with Crippen LogP contribution in [0.5, 0.6) is 0 Å². The molecule has 3 aromatic rings. The summed E-state index contributed by atoms with van der Waals surface area (Å²) in [5.41, 5.74) is 7.70. The summed E-state index contributed by atoms with van der Waals surface area (Å²) in [5.74, 6) is -8.04. The van der Waals surface area contributed by atoms with Gasteiger partial charge in [-0.1, -0.05) is 26.5 Å². The average molecular weight is 756 g/mol. The minimum absolute atomic E-state index is 0. The van der Waals surface area contributed by atoms with Crippen LogP contribution in [-0.2, 0) is 36.8 Å². The van der Waals surface area contributed by atoms with Crippen LogP contribution in [0.4, 0.5) is 0 Å². The summed E-state index contributed by atoms with van der Waals surface area (Å²) in [6.07, 6.45) is 0.449. The van der Waals surface area contributed by atoms with Crippen molar-refractivity contribution in [1.29, 1.82) is 0 Å². The van der Waals surface area contributed by atoms with Crippen molar-refractivity contribution in [2.24, 2.45) is 0 Å². The van der Waals surface area contributed by atoms with Crippen LogP contribution in [0.1, 0.15) is 102 Å². The normalized spacial score (nSPS) is 15.4. The monoisotopic (exact) mass is 755 g/mol. The van der Waals surface area contributed by atoms with Crippen molar-refractivity contribution < 1.29 is 104 Å². The molecule has 0 aliphatic carbocycles. The van der Waals surface area contributed by atoms with Crippen LogP contribution in [0.15, 0.2) is 24.8 Å². The maximum Gasteiger partial charge on any atom is 1.00 e. The number of carboxylic acids is 4. The van der Waals surface area contributed by atoms with E-state index in [1.807, 2.05) is 39.8 Å². The van der Waals surface area contributed by atoms with Crippen molar-refractivity contribution in [1.82, 2.24) is 25.3 Å². The number of aromatic amines is 2. The summed E-state index contributed by atoms with van der Waals surface area (Å²) < 4.78 is 0. The SMILES string of the molecule is C=Cc1c(C)c2cc3nc(c(CC(=O)NC(CC(=O)[O-])C(=O)[O-])c4nc(cc5[nH]c(cc1[nH]2)c(C)c5CC)C(C)=C4C(=O)O)C(CCC(=O)O)C3C.[Na+].[Na+]. The predicted molar refractivity (Wildman–Crippen MR) is 188 cm³/mol.